The van der Waals surface area contributed by atoms with Crippen molar-refractivity contribution in [3.05, 3.63) is 35.9 Å². The number of nitrogens with zero attached hydrogens (tertiary/aromatic N) is 4. The molecule has 0 fully saturated rings. The fraction of sp³-hybridized carbons (Fsp3) is 0.200. The molecule has 0 unspecified atom stereocenters. The molecule has 2 aromatic rings. The highest BCUT2D eigenvalue weighted by Gasteiger charge is 2.07. The summed E-state index contributed by atoms with van der Waals surface area (Å²) in [6, 6.07) is 4.94. The Labute approximate surface area is 102 Å². The van der Waals surface area contributed by atoms with E-state index >= 15 is 0 Å². The molecule has 0 aromatic carbocycles. The predicted molar refractivity (Wildman–Crippen MR) is 61.8 cm³/mol. The summed E-state index contributed by atoms with van der Waals surface area (Å²) in [6.07, 6.45) is 1.48. The summed E-state index contributed by atoms with van der Waals surface area (Å²) in [7, 11) is 1.80. The van der Waals surface area contributed by atoms with E-state index in [1.54, 1.807) is 23.9 Å². The Morgan fingerprint density at radius 1 is 1.53 bits per heavy atom. The van der Waals surface area contributed by atoms with Crippen LogP contribution in [0, 0.1) is 0 Å². The smallest absolute Gasteiger partial charge is 0.354 e. The average molecular weight is 250 g/mol. The molecule has 0 aliphatic heterocycles. The lowest BCUT2D eigenvalue weighted by atomic mass is 10.3. The van der Waals surface area contributed by atoms with Gasteiger partial charge in [-0.15, -0.1) is 0 Å². The van der Waals surface area contributed by atoms with Crippen molar-refractivity contribution in [1.29, 1.82) is 0 Å². The van der Waals surface area contributed by atoms with E-state index in [9.17, 15) is 4.79 Å². The van der Waals surface area contributed by atoms with Crippen LogP contribution in [0.2, 0.25) is 0 Å². The maximum atomic E-state index is 10.7. The van der Waals surface area contributed by atoms with Crippen LogP contribution in [0.15, 0.2) is 29.7 Å². The molecule has 7 heteroatoms. The summed E-state index contributed by atoms with van der Waals surface area (Å²) in [5.41, 5.74) is 0.763. The summed E-state index contributed by atoms with van der Waals surface area (Å²) in [6.45, 7) is 0. The van der Waals surface area contributed by atoms with E-state index < -0.39 is 5.97 Å². The molecule has 0 saturated carbocycles. The Hall–Kier alpha value is -1.89. The average Bonchev–Trinajstić information content (AvgIpc) is 2.72. The van der Waals surface area contributed by atoms with Crippen molar-refractivity contribution >= 4 is 17.7 Å². The highest BCUT2D eigenvalue weighted by Crippen LogP contribution is 2.18. The van der Waals surface area contributed by atoms with Gasteiger partial charge in [-0.2, -0.15) is 5.10 Å². The molecule has 0 atom stereocenters. The molecule has 0 amide bonds. The van der Waals surface area contributed by atoms with Crippen molar-refractivity contribution in [3.63, 3.8) is 0 Å². The number of hydrogen-bond acceptors (Lipinski definition) is 5. The van der Waals surface area contributed by atoms with Crippen molar-refractivity contribution in [1.82, 2.24) is 19.7 Å². The zero-order valence-corrected chi connectivity index (χ0v) is 9.89. The van der Waals surface area contributed by atoms with Crippen LogP contribution >= 0.6 is 11.8 Å². The van der Waals surface area contributed by atoms with Gasteiger partial charge in [0, 0.05) is 12.8 Å². The number of carboxylic acids is 1. The van der Waals surface area contributed by atoms with Crippen LogP contribution in [0.3, 0.4) is 0 Å². The molecule has 1 N–H and O–H groups in total. The minimum Gasteiger partial charge on any atom is -0.477 e. The molecular formula is C10H10N4O2S. The summed E-state index contributed by atoms with van der Waals surface area (Å²) in [5.74, 6) is -0.455. The molecule has 0 aliphatic rings. The van der Waals surface area contributed by atoms with Crippen LogP contribution in [0.1, 0.15) is 16.2 Å². The fourth-order valence-corrected chi connectivity index (χ4v) is 2.03. The Kier molecular flexibility index (Phi) is 3.38. The molecule has 0 radical (unpaired) electrons. The second-order valence-electron chi connectivity index (χ2n) is 3.27. The molecule has 0 saturated heterocycles. The van der Waals surface area contributed by atoms with Gasteiger partial charge in [-0.1, -0.05) is 17.8 Å². The van der Waals surface area contributed by atoms with Gasteiger partial charge in [0.25, 0.3) is 0 Å². The van der Waals surface area contributed by atoms with Crippen LogP contribution in [0.25, 0.3) is 0 Å². The number of pyridine rings is 1. The molecule has 0 spiro atoms. The lowest BCUT2D eigenvalue weighted by molar-refractivity contribution is 0.0690. The normalized spacial score (nSPS) is 10.4. The van der Waals surface area contributed by atoms with Gasteiger partial charge in [0.1, 0.15) is 12.0 Å². The maximum absolute atomic E-state index is 10.7. The number of carbonyl (C=O) groups is 1. The van der Waals surface area contributed by atoms with Crippen LogP contribution in [-0.4, -0.2) is 30.8 Å². The van der Waals surface area contributed by atoms with E-state index in [-0.39, 0.29) is 5.69 Å². The van der Waals surface area contributed by atoms with Gasteiger partial charge in [0.2, 0.25) is 0 Å². The molecule has 2 aromatic heterocycles. The Bertz CT molecular complexity index is 541. The van der Waals surface area contributed by atoms with E-state index in [4.69, 9.17) is 5.11 Å². The lowest BCUT2D eigenvalue weighted by Crippen LogP contribution is -2.02. The number of thioether (sulfide) groups is 1. The van der Waals surface area contributed by atoms with Crippen LogP contribution in [-0.2, 0) is 12.8 Å². The molecule has 0 aliphatic carbocycles. The van der Waals surface area contributed by atoms with Gasteiger partial charge in [-0.3, -0.25) is 0 Å². The first-order valence-electron chi connectivity index (χ1n) is 4.83. The number of aryl methyl sites for hydroxylation is 1. The monoisotopic (exact) mass is 250 g/mol. The van der Waals surface area contributed by atoms with Crippen molar-refractivity contribution in [2.75, 3.05) is 0 Å². The van der Waals surface area contributed by atoms with Crippen molar-refractivity contribution in [3.8, 4) is 0 Å². The summed E-state index contributed by atoms with van der Waals surface area (Å²) < 4.78 is 1.66. The van der Waals surface area contributed by atoms with Gasteiger partial charge in [0.15, 0.2) is 5.16 Å². The first-order chi connectivity index (χ1) is 8.16. The third kappa shape index (κ3) is 2.82. The minimum atomic E-state index is -1.02. The standard InChI is InChI=1S/C10H10N4O2S/c1-14-10(11-6-12-14)17-5-7-3-2-4-8(13-7)9(15)16/h2-4,6H,5H2,1H3,(H,15,16). The lowest BCUT2D eigenvalue weighted by Gasteiger charge is -2.01. The Balaban J connectivity index is 2.07. The van der Waals surface area contributed by atoms with Crippen molar-refractivity contribution < 1.29 is 9.90 Å². The Morgan fingerprint density at radius 3 is 3.00 bits per heavy atom. The number of rotatable bonds is 4. The second kappa shape index (κ2) is 4.96. The van der Waals surface area contributed by atoms with E-state index in [0.29, 0.717) is 11.4 Å². The highest BCUT2D eigenvalue weighted by molar-refractivity contribution is 7.98. The first kappa shape index (κ1) is 11.6. The van der Waals surface area contributed by atoms with Gasteiger partial charge in [-0.25, -0.2) is 19.4 Å². The third-order valence-electron chi connectivity index (χ3n) is 2.04. The van der Waals surface area contributed by atoms with E-state index in [2.05, 4.69) is 15.1 Å². The van der Waals surface area contributed by atoms with E-state index in [1.807, 2.05) is 0 Å². The van der Waals surface area contributed by atoms with Crippen molar-refractivity contribution in [2.24, 2.45) is 7.05 Å². The summed E-state index contributed by atoms with van der Waals surface area (Å²) >= 11 is 1.46. The quantitative estimate of drug-likeness (QED) is 0.821. The van der Waals surface area contributed by atoms with E-state index in [1.165, 1.54) is 24.2 Å². The zero-order valence-electron chi connectivity index (χ0n) is 9.07. The Morgan fingerprint density at radius 2 is 2.35 bits per heavy atom. The summed E-state index contributed by atoms with van der Waals surface area (Å²) in [4.78, 5) is 18.8. The number of aromatic carboxylic acids is 1. The predicted octanol–water partition coefficient (Wildman–Crippen LogP) is 1.20. The van der Waals surface area contributed by atoms with Gasteiger partial charge in [0.05, 0.1) is 5.69 Å². The first-order valence-corrected chi connectivity index (χ1v) is 5.81. The van der Waals surface area contributed by atoms with Gasteiger partial charge < -0.3 is 5.11 Å². The molecule has 0 bridgehead atoms. The molecule has 2 rings (SSSR count). The SMILES string of the molecule is Cn1ncnc1SCc1cccc(C(=O)O)n1. The fourth-order valence-electron chi connectivity index (χ4n) is 1.23. The number of aromatic nitrogens is 4. The van der Waals surface area contributed by atoms with Crippen LogP contribution in [0.4, 0.5) is 0 Å². The van der Waals surface area contributed by atoms with Gasteiger partial charge >= 0.3 is 5.97 Å². The molecule has 2 heterocycles. The maximum Gasteiger partial charge on any atom is 0.354 e. The summed E-state index contributed by atoms with van der Waals surface area (Å²) in [5, 5.41) is 13.5. The highest BCUT2D eigenvalue weighted by atomic mass is 32.2. The molecule has 17 heavy (non-hydrogen) atoms. The van der Waals surface area contributed by atoms with Crippen LogP contribution in [0.5, 0.6) is 0 Å². The molecule has 6 nitrogen and oxygen atoms in total. The molecule has 88 valence electrons. The second-order valence-corrected chi connectivity index (χ2v) is 4.22. The number of carboxylic acid groups (broad SMARTS) is 1. The largest absolute Gasteiger partial charge is 0.477 e. The van der Waals surface area contributed by atoms with Crippen LogP contribution < -0.4 is 0 Å². The van der Waals surface area contributed by atoms with Gasteiger partial charge in [-0.05, 0) is 12.1 Å². The van der Waals surface area contributed by atoms with E-state index in [0.717, 1.165) is 5.16 Å². The minimum absolute atomic E-state index is 0.0565. The van der Waals surface area contributed by atoms with Crippen molar-refractivity contribution in [2.45, 2.75) is 10.9 Å². The molecular weight excluding hydrogens is 240 g/mol. The topological polar surface area (TPSA) is 80.9 Å². The zero-order chi connectivity index (χ0) is 12.3. The number of hydrogen-bond donors (Lipinski definition) is 1. The third-order valence-corrected chi connectivity index (χ3v) is 3.11.